The van der Waals surface area contributed by atoms with E-state index in [1.165, 1.54) is 0 Å². The SMILES string of the molecule is CC(C)COc1c(I)cc(C(=O)NN)cc1I. The molecule has 3 N–H and O–H groups in total. The van der Waals surface area contributed by atoms with Gasteiger partial charge < -0.3 is 4.74 Å². The molecular weight excluding hydrogens is 446 g/mol. The van der Waals surface area contributed by atoms with Crippen molar-refractivity contribution in [1.82, 2.24) is 5.43 Å². The molecule has 0 saturated heterocycles. The summed E-state index contributed by atoms with van der Waals surface area (Å²) in [7, 11) is 0. The molecule has 0 aliphatic carbocycles. The number of benzene rings is 1. The zero-order valence-corrected chi connectivity index (χ0v) is 13.9. The summed E-state index contributed by atoms with van der Waals surface area (Å²) in [5, 5.41) is 0. The summed E-state index contributed by atoms with van der Waals surface area (Å²) in [6, 6.07) is 3.53. The molecule has 0 fully saturated rings. The second kappa shape index (κ2) is 6.74. The lowest BCUT2D eigenvalue weighted by molar-refractivity contribution is 0.0953. The van der Waals surface area contributed by atoms with Crippen LogP contribution in [0.1, 0.15) is 24.2 Å². The van der Waals surface area contributed by atoms with E-state index in [1.807, 2.05) is 0 Å². The van der Waals surface area contributed by atoms with Crippen molar-refractivity contribution in [2.45, 2.75) is 13.8 Å². The standard InChI is InChI=1S/C11H14I2N2O2/c1-6(2)5-17-10-8(12)3-7(4-9(10)13)11(16)15-14/h3-4,6H,5,14H2,1-2H3,(H,15,16). The molecule has 94 valence electrons. The van der Waals surface area contributed by atoms with Gasteiger partial charge in [0.05, 0.1) is 13.7 Å². The first kappa shape index (κ1) is 15.0. The molecule has 0 spiro atoms. The van der Waals surface area contributed by atoms with E-state index < -0.39 is 0 Å². The van der Waals surface area contributed by atoms with Gasteiger partial charge in [-0.05, 0) is 63.2 Å². The molecule has 0 aliphatic rings. The molecule has 1 amide bonds. The maximum Gasteiger partial charge on any atom is 0.265 e. The van der Waals surface area contributed by atoms with Crippen molar-refractivity contribution in [2.75, 3.05) is 6.61 Å². The first-order valence-electron chi connectivity index (χ1n) is 5.08. The van der Waals surface area contributed by atoms with Crippen LogP contribution in [-0.4, -0.2) is 12.5 Å². The van der Waals surface area contributed by atoms with Gasteiger partial charge >= 0.3 is 0 Å². The van der Waals surface area contributed by atoms with Crippen LogP contribution in [0.3, 0.4) is 0 Å². The summed E-state index contributed by atoms with van der Waals surface area (Å²) in [6.45, 7) is 4.85. The summed E-state index contributed by atoms with van der Waals surface area (Å²) in [5.74, 6) is 6.10. The van der Waals surface area contributed by atoms with Crippen molar-refractivity contribution in [3.05, 3.63) is 24.8 Å². The summed E-state index contributed by atoms with van der Waals surface area (Å²) in [4.78, 5) is 11.4. The highest BCUT2D eigenvalue weighted by Gasteiger charge is 2.13. The molecular formula is C11H14I2N2O2. The first-order chi connectivity index (χ1) is 7.95. The van der Waals surface area contributed by atoms with Gasteiger partial charge in [0.1, 0.15) is 5.75 Å². The Hall–Kier alpha value is -0.0900. The minimum atomic E-state index is -0.295. The van der Waals surface area contributed by atoms with Crippen molar-refractivity contribution in [3.63, 3.8) is 0 Å². The Morgan fingerprint density at radius 2 is 1.94 bits per heavy atom. The van der Waals surface area contributed by atoms with Crippen LogP contribution in [0, 0.1) is 13.1 Å². The molecule has 1 rings (SSSR count). The molecule has 0 radical (unpaired) electrons. The minimum absolute atomic E-state index is 0.295. The van der Waals surface area contributed by atoms with Crippen molar-refractivity contribution >= 4 is 51.1 Å². The molecule has 0 unspecified atom stereocenters. The highest BCUT2D eigenvalue weighted by molar-refractivity contribution is 14.1. The number of hydrogen-bond acceptors (Lipinski definition) is 3. The number of rotatable bonds is 4. The maximum atomic E-state index is 11.4. The number of ether oxygens (including phenoxy) is 1. The number of carbonyl (C=O) groups excluding carboxylic acids is 1. The number of nitrogens with one attached hydrogen (secondary N) is 1. The molecule has 4 nitrogen and oxygen atoms in total. The summed E-state index contributed by atoms with van der Waals surface area (Å²) in [6.07, 6.45) is 0. The van der Waals surface area contributed by atoms with Gasteiger partial charge in [-0.3, -0.25) is 10.2 Å². The number of hydrazine groups is 1. The second-order valence-corrected chi connectivity index (χ2v) is 6.27. The molecule has 0 atom stereocenters. The smallest absolute Gasteiger partial charge is 0.265 e. The van der Waals surface area contributed by atoms with Gasteiger partial charge in [0.25, 0.3) is 5.91 Å². The van der Waals surface area contributed by atoms with Crippen LogP contribution >= 0.6 is 45.2 Å². The number of halogens is 2. The van der Waals surface area contributed by atoms with E-state index in [0.29, 0.717) is 18.1 Å². The largest absolute Gasteiger partial charge is 0.491 e. The summed E-state index contributed by atoms with van der Waals surface area (Å²) < 4.78 is 7.54. The van der Waals surface area contributed by atoms with Gasteiger partial charge in [-0.2, -0.15) is 0 Å². The fourth-order valence-corrected chi connectivity index (χ4v) is 3.24. The van der Waals surface area contributed by atoms with E-state index in [0.717, 1.165) is 12.9 Å². The Morgan fingerprint density at radius 3 is 2.35 bits per heavy atom. The van der Waals surface area contributed by atoms with E-state index in [1.54, 1.807) is 12.1 Å². The first-order valence-corrected chi connectivity index (χ1v) is 7.24. The van der Waals surface area contributed by atoms with E-state index in [9.17, 15) is 4.79 Å². The molecule has 0 bridgehead atoms. The predicted molar refractivity (Wildman–Crippen MR) is 83.9 cm³/mol. The molecule has 17 heavy (non-hydrogen) atoms. The summed E-state index contributed by atoms with van der Waals surface area (Å²) >= 11 is 4.31. The Labute approximate surface area is 128 Å². The third-order valence-corrected chi connectivity index (χ3v) is 3.56. The van der Waals surface area contributed by atoms with Crippen LogP contribution in [0.4, 0.5) is 0 Å². The molecule has 6 heteroatoms. The maximum absolute atomic E-state index is 11.4. The lowest BCUT2D eigenvalue weighted by Crippen LogP contribution is -2.30. The Balaban J connectivity index is 2.98. The fourth-order valence-electron chi connectivity index (χ4n) is 1.16. The molecule has 0 heterocycles. The van der Waals surface area contributed by atoms with Gasteiger partial charge in [0.15, 0.2) is 0 Å². The third kappa shape index (κ3) is 4.25. The van der Waals surface area contributed by atoms with Crippen LogP contribution in [-0.2, 0) is 0 Å². The lowest BCUT2D eigenvalue weighted by Gasteiger charge is -2.13. The molecule has 0 saturated carbocycles. The van der Waals surface area contributed by atoms with Crippen LogP contribution in [0.2, 0.25) is 0 Å². The van der Waals surface area contributed by atoms with E-state index in [4.69, 9.17) is 10.6 Å². The van der Waals surface area contributed by atoms with Gasteiger partial charge in [-0.15, -0.1) is 0 Å². The van der Waals surface area contributed by atoms with Crippen LogP contribution < -0.4 is 16.0 Å². The molecule has 1 aromatic carbocycles. The van der Waals surface area contributed by atoms with E-state index in [2.05, 4.69) is 64.5 Å². The average molecular weight is 460 g/mol. The van der Waals surface area contributed by atoms with Crippen LogP contribution in [0.15, 0.2) is 12.1 Å². The highest BCUT2D eigenvalue weighted by Crippen LogP contribution is 2.29. The van der Waals surface area contributed by atoms with Gasteiger partial charge in [0.2, 0.25) is 0 Å². The molecule has 0 aliphatic heterocycles. The zero-order valence-electron chi connectivity index (χ0n) is 9.59. The summed E-state index contributed by atoms with van der Waals surface area (Å²) in [5.41, 5.74) is 2.66. The lowest BCUT2D eigenvalue weighted by atomic mass is 10.2. The van der Waals surface area contributed by atoms with Crippen molar-refractivity contribution in [2.24, 2.45) is 11.8 Å². The third-order valence-electron chi connectivity index (χ3n) is 1.95. The van der Waals surface area contributed by atoms with Gasteiger partial charge in [-0.1, -0.05) is 13.8 Å². The Kier molecular flexibility index (Phi) is 5.93. The monoisotopic (exact) mass is 460 g/mol. The van der Waals surface area contributed by atoms with Crippen LogP contribution in [0.25, 0.3) is 0 Å². The van der Waals surface area contributed by atoms with Crippen LogP contribution in [0.5, 0.6) is 5.75 Å². The van der Waals surface area contributed by atoms with Crippen molar-refractivity contribution in [1.29, 1.82) is 0 Å². The van der Waals surface area contributed by atoms with Gasteiger partial charge in [0, 0.05) is 5.56 Å². The Morgan fingerprint density at radius 1 is 1.41 bits per heavy atom. The highest BCUT2D eigenvalue weighted by atomic mass is 127. The van der Waals surface area contributed by atoms with E-state index in [-0.39, 0.29) is 5.91 Å². The van der Waals surface area contributed by atoms with E-state index >= 15 is 0 Å². The number of hydrogen-bond donors (Lipinski definition) is 2. The minimum Gasteiger partial charge on any atom is -0.491 e. The van der Waals surface area contributed by atoms with Crippen molar-refractivity contribution in [3.8, 4) is 5.75 Å². The second-order valence-electron chi connectivity index (χ2n) is 3.95. The zero-order chi connectivity index (χ0) is 13.0. The molecule has 1 aromatic rings. The predicted octanol–water partition coefficient (Wildman–Crippen LogP) is 2.53. The average Bonchev–Trinajstić information content (AvgIpc) is 2.26. The number of carbonyl (C=O) groups is 1. The molecule has 0 aromatic heterocycles. The Bertz CT molecular complexity index is 399. The number of nitrogen functional groups attached to an aromatic ring is 1. The number of amides is 1. The quantitative estimate of drug-likeness (QED) is 0.315. The topological polar surface area (TPSA) is 64.3 Å². The number of nitrogens with two attached hydrogens (primary N) is 1. The van der Waals surface area contributed by atoms with Gasteiger partial charge in [-0.25, -0.2) is 5.84 Å². The van der Waals surface area contributed by atoms with Crippen molar-refractivity contribution < 1.29 is 9.53 Å². The fraction of sp³-hybridized carbons (Fsp3) is 0.364. The normalized spacial score (nSPS) is 10.5.